The highest BCUT2D eigenvalue weighted by Gasteiger charge is 2.14. The van der Waals surface area contributed by atoms with Crippen molar-refractivity contribution in [3.8, 4) is 0 Å². The molecule has 0 saturated heterocycles. The third-order valence-electron chi connectivity index (χ3n) is 4.03. The lowest BCUT2D eigenvalue weighted by Gasteiger charge is -2.19. The fraction of sp³-hybridized carbons (Fsp3) is 0.368. The predicted octanol–water partition coefficient (Wildman–Crippen LogP) is 5.28. The molecule has 0 saturated carbocycles. The minimum absolute atomic E-state index is 0.238. The molecular weight excluding hydrogens is 278 g/mol. The highest BCUT2D eigenvalue weighted by Crippen LogP contribution is 2.28. The van der Waals surface area contributed by atoms with E-state index in [1.54, 1.807) is 0 Å². The SMILES string of the molecule is CNC(Cc1ccc(C(C)C)cc1)c1cccc(C)c1Cl. The van der Waals surface area contributed by atoms with Gasteiger partial charge in [-0.25, -0.2) is 0 Å². The largest absolute Gasteiger partial charge is 0.313 e. The molecule has 0 aliphatic heterocycles. The van der Waals surface area contributed by atoms with Gasteiger partial charge in [0.05, 0.1) is 0 Å². The molecule has 21 heavy (non-hydrogen) atoms. The van der Waals surface area contributed by atoms with Crippen LogP contribution in [0.4, 0.5) is 0 Å². The van der Waals surface area contributed by atoms with Gasteiger partial charge in [-0.3, -0.25) is 0 Å². The third kappa shape index (κ3) is 3.87. The first kappa shape index (κ1) is 16.1. The van der Waals surface area contributed by atoms with Crippen molar-refractivity contribution in [2.24, 2.45) is 0 Å². The van der Waals surface area contributed by atoms with Crippen LogP contribution in [0.25, 0.3) is 0 Å². The van der Waals surface area contributed by atoms with E-state index in [4.69, 9.17) is 11.6 Å². The standard InChI is InChI=1S/C19H24ClN/c1-13(2)16-10-8-15(9-11-16)12-18(21-4)17-7-5-6-14(3)19(17)20/h5-11,13,18,21H,12H2,1-4H3. The van der Waals surface area contributed by atoms with Gasteiger partial charge in [0, 0.05) is 11.1 Å². The number of hydrogen-bond acceptors (Lipinski definition) is 1. The molecule has 2 rings (SSSR count). The molecule has 0 aliphatic carbocycles. The van der Waals surface area contributed by atoms with Crippen molar-refractivity contribution < 1.29 is 0 Å². The van der Waals surface area contributed by atoms with E-state index in [0.29, 0.717) is 5.92 Å². The summed E-state index contributed by atoms with van der Waals surface area (Å²) in [5.41, 5.74) is 5.02. The quantitative estimate of drug-likeness (QED) is 0.792. The molecular formula is C19H24ClN. The van der Waals surface area contributed by atoms with E-state index >= 15 is 0 Å². The molecule has 2 aromatic rings. The molecule has 0 aromatic heterocycles. The average molecular weight is 302 g/mol. The molecule has 1 unspecified atom stereocenters. The lowest BCUT2D eigenvalue weighted by molar-refractivity contribution is 0.591. The van der Waals surface area contributed by atoms with Gasteiger partial charge in [0.25, 0.3) is 0 Å². The number of halogens is 1. The minimum Gasteiger partial charge on any atom is -0.313 e. The van der Waals surface area contributed by atoms with Crippen molar-refractivity contribution in [1.82, 2.24) is 5.32 Å². The second-order valence-corrected chi connectivity index (χ2v) is 6.30. The van der Waals surface area contributed by atoms with Crippen LogP contribution in [0.3, 0.4) is 0 Å². The zero-order valence-corrected chi connectivity index (χ0v) is 14.0. The lowest BCUT2D eigenvalue weighted by Crippen LogP contribution is -2.19. The molecule has 1 nitrogen and oxygen atoms in total. The summed E-state index contributed by atoms with van der Waals surface area (Å²) in [4.78, 5) is 0. The average Bonchev–Trinajstić information content (AvgIpc) is 2.48. The van der Waals surface area contributed by atoms with E-state index in [1.165, 1.54) is 16.7 Å². The summed E-state index contributed by atoms with van der Waals surface area (Å²) in [6.45, 7) is 6.49. The molecule has 2 aromatic carbocycles. The van der Waals surface area contributed by atoms with Gasteiger partial charge in [-0.05, 0) is 48.6 Å². The first-order chi connectivity index (χ1) is 10.0. The van der Waals surface area contributed by atoms with Crippen molar-refractivity contribution in [3.63, 3.8) is 0 Å². The van der Waals surface area contributed by atoms with Crippen LogP contribution < -0.4 is 5.32 Å². The molecule has 0 bridgehead atoms. The fourth-order valence-corrected chi connectivity index (χ4v) is 2.84. The van der Waals surface area contributed by atoms with Gasteiger partial charge in [0.2, 0.25) is 0 Å². The number of aryl methyl sites for hydroxylation is 1. The van der Waals surface area contributed by atoms with E-state index in [0.717, 1.165) is 17.0 Å². The van der Waals surface area contributed by atoms with Crippen LogP contribution in [-0.2, 0) is 6.42 Å². The molecule has 1 N–H and O–H groups in total. The Morgan fingerprint density at radius 2 is 1.71 bits per heavy atom. The molecule has 0 aliphatic rings. The van der Waals surface area contributed by atoms with Crippen LogP contribution in [0.15, 0.2) is 42.5 Å². The van der Waals surface area contributed by atoms with Gasteiger partial charge in [0.15, 0.2) is 0 Å². The highest BCUT2D eigenvalue weighted by molar-refractivity contribution is 6.32. The first-order valence-electron chi connectivity index (χ1n) is 7.54. The summed E-state index contributed by atoms with van der Waals surface area (Å²) in [7, 11) is 1.99. The van der Waals surface area contributed by atoms with Crippen LogP contribution in [-0.4, -0.2) is 7.05 Å². The van der Waals surface area contributed by atoms with Crippen LogP contribution in [0.1, 0.15) is 48.1 Å². The molecule has 0 amide bonds. The Kier molecular flexibility index (Phi) is 5.44. The zero-order chi connectivity index (χ0) is 15.4. The van der Waals surface area contributed by atoms with E-state index in [1.807, 2.05) is 7.05 Å². The van der Waals surface area contributed by atoms with Crippen molar-refractivity contribution in [3.05, 3.63) is 69.7 Å². The van der Waals surface area contributed by atoms with Crippen molar-refractivity contribution >= 4 is 11.6 Å². The Labute approximate surface area is 133 Å². The van der Waals surface area contributed by atoms with E-state index < -0.39 is 0 Å². The normalized spacial score (nSPS) is 12.7. The molecule has 112 valence electrons. The van der Waals surface area contributed by atoms with Crippen molar-refractivity contribution in [1.29, 1.82) is 0 Å². The maximum absolute atomic E-state index is 6.46. The van der Waals surface area contributed by atoms with Crippen LogP contribution >= 0.6 is 11.6 Å². The molecule has 0 radical (unpaired) electrons. The van der Waals surface area contributed by atoms with E-state index in [-0.39, 0.29) is 6.04 Å². The minimum atomic E-state index is 0.238. The maximum Gasteiger partial charge on any atom is 0.0483 e. The summed E-state index contributed by atoms with van der Waals surface area (Å²) in [5.74, 6) is 0.574. The van der Waals surface area contributed by atoms with Crippen LogP contribution in [0.5, 0.6) is 0 Å². The highest BCUT2D eigenvalue weighted by atomic mass is 35.5. The van der Waals surface area contributed by atoms with E-state index in [2.05, 4.69) is 68.6 Å². The first-order valence-corrected chi connectivity index (χ1v) is 7.91. The molecule has 0 heterocycles. The number of likely N-dealkylation sites (N-methyl/N-ethyl adjacent to an activating group) is 1. The Hall–Kier alpha value is -1.31. The Morgan fingerprint density at radius 1 is 1.05 bits per heavy atom. The second-order valence-electron chi connectivity index (χ2n) is 5.92. The Morgan fingerprint density at radius 3 is 2.29 bits per heavy atom. The predicted molar refractivity (Wildman–Crippen MR) is 92.2 cm³/mol. The van der Waals surface area contributed by atoms with Gasteiger partial charge < -0.3 is 5.32 Å². The summed E-state index contributed by atoms with van der Waals surface area (Å²) in [5, 5.41) is 4.26. The van der Waals surface area contributed by atoms with Gasteiger partial charge in [-0.1, -0.05) is 67.9 Å². The number of benzene rings is 2. The fourth-order valence-electron chi connectivity index (χ4n) is 2.58. The smallest absolute Gasteiger partial charge is 0.0483 e. The zero-order valence-electron chi connectivity index (χ0n) is 13.3. The van der Waals surface area contributed by atoms with Crippen LogP contribution in [0, 0.1) is 6.92 Å². The summed E-state index contributed by atoms with van der Waals surface area (Å²) >= 11 is 6.46. The Bertz CT molecular complexity index is 587. The molecule has 0 spiro atoms. The number of rotatable bonds is 5. The number of hydrogen-bond donors (Lipinski definition) is 1. The van der Waals surface area contributed by atoms with E-state index in [9.17, 15) is 0 Å². The summed E-state index contributed by atoms with van der Waals surface area (Å²) < 4.78 is 0. The summed E-state index contributed by atoms with van der Waals surface area (Å²) in [6.07, 6.45) is 0.943. The topological polar surface area (TPSA) is 12.0 Å². The van der Waals surface area contributed by atoms with Gasteiger partial charge in [-0.15, -0.1) is 0 Å². The lowest BCUT2D eigenvalue weighted by atomic mass is 9.95. The molecule has 2 heteroatoms. The monoisotopic (exact) mass is 301 g/mol. The van der Waals surface area contributed by atoms with Gasteiger partial charge in [0.1, 0.15) is 0 Å². The van der Waals surface area contributed by atoms with Crippen molar-refractivity contribution in [2.45, 2.75) is 39.2 Å². The number of nitrogens with one attached hydrogen (secondary N) is 1. The second kappa shape index (κ2) is 7.11. The third-order valence-corrected chi connectivity index (χ3v) is 4.55. The molecule has 0 fully saturated rings. The molecule has 1 atom stereocenters. The van der Waals surface area contributed by atoms with Gasteiger partial charge in [-0.2, -0.15) is 0 Å². The van der Waals surface area contributed by atoms with Crippen LogP contribution in [0.2, 0.25) is 5.02 Å². The maximum atomic E-state index is 6.46. The van der Waals surface area contributed by atoms with Crippen molar-refractivity contribution in [2.75, 3.05) is 7.05 Å². The Balaban J connectivity index is 2.21. The summed E-state index contributed by atoms with van der Waals surface area (Å²) in [6, 6.07) is 15.4. The van der Waals surface area contributed by atoms with Gasteiger partial charge >= 0.3 is 0 Å².